The maximum atomic E-state index is 13.4. The lowest BCUT2D eigenvalue weighted by Gasteiger charge is -2.31. The Morgan fingerprint density at radius 3 is 2.62 bits per heavy atom. The number of nitrogens with zero attached hydrogens (tertiary/aromatic N) is 4. The molecule has 8 nitrogen and oxygen atoms in total. The van der Waals surface area contributed by atoms with Gasteiger partial charge in [0.15, 0.2) is 0 Å². The molecule has 1 aromatic carbocycles. The lowest BCUT2D eigenvalue weighted by molar-refractivity contribution is 0.123. The highest BCUT2D eigenvalue weighted by Crippen LogP contribution is 2.27. The fourth-order valence-electron chi connectivity index (χ4n) is 3.43. The molecular formula is C20H22N4O4S. The van der Waals surface area contributed by atoms with E-state index in [1.54, 1.807) is 24.3 Å². The Hall–Kier alpha value is -2.78. The van der Waals surface area contributed by atoms with Crippen LogP contribution < -0.4 is 9.47 Å². The number of sulfonamides is 1. The van der Waals surface area contributed by atoms with Crippen LogP contribution in [-0.2, 0) is 10.0 Å². The number of rotatable bonds is 5. The number of aryl methyl sites for hydroxylation is 1. The second kappa shape index (κ2) is 7.92. The number of aromatic nitrogens is 3. The first-order chi connectivity index (χ1) is 14.0. The van der Waals surface area contributed by atoms with Gasteiger partial charge in [0.05, 0.1) is 19.2 Å². The zero-order valence-electron chi connectivity index (χ0n) is 16.3. The molecule has 1 atom stereocenters. The number of piperidine rings is 1. The average molecular weight is 414 g/mol. The summed E-state index contributed by atoms with van der Waals surface area (Å²) < 4.78 is 39.1. The number of pyridine rings is 1. The predicted molar refractivity (Wildman–Crippen MR) is 107 cm³/mol. The van der Waals surface area contributed by atoms with Crippen LogP contribution in [0.3, 0.4) is 0 Å². The third-order valence-corrected chi connectivity index (χ3v) is 6.79. The van der Waals surface area contributed by atoms with Crippen molar-refractivity contribution in [1.82, 2.24) is 19.5 Å². The molecule has 0 spiro atoms. The van der Waals surface area contributed by atoms with Gasteiger partial charge in [0.2, 0.25) is 21.8 Å². The molecule has 152 valence electrons. The molecule has 3 heterocycles. The van der Waals surface area contributed by atoms with Crippen molar-refractivity contribution >= 4 is 20.9 Å². The molecule has 4 rings (SSSR count). The van der Waals surface area contributed by atoms with Crippen LogP contribution in [0.1, 0.15) is 18.5 Å². The topological polar surface area (TPSA) is 94.5 Å². The number of fused-ring (bicyclic) bond motifs is 1. The lowest BCUT2D eigenvalue weighted by atomic mass is 10.1. The number of para-hydroxylation sites is 1. The lowest BCUT2D eigenvalue weighted by Crippen LogP contribution is -2.44. The Morgan fingerprint density at radius 1 is 1.07 bits per heavy atom. The van der Waals surface area contributed by atoms with E-state index in [9.17, 15) is 8.42 Å². The number of ether oxygens (including phenoxy) is 2. The fraction of sp³-hybridized carbons (Fsp3) is 0.350. The Morgan fingerprint density at radius 2 is 1.86 bits per heavy atom. The Kier molecular flexibility index (Phi) is 5.33. The van der Waals surface area contributed by atoms with Crippen LogP contribution in [0, 0.1) is 6.92 Å². The molecule has 0 bridgehead atoms. The molecule has 1 fully saturated rings. The fourth-order valence-corrected chi connectivity index (χ4v) is 5.10. The SMILES string of the molecule is COc1ccc(OC2CCCN(S(=O)(=O)c3cccc4ccc(C)nc34)C2)nn1. The molecule has 1 saturated heterocycles. The third-order valence-electron chi connectivity index (χ3n) is 4.89. The predicted octanol–water partition coefficient (Wildman–Crippen LogP) is 2.57. The van der Waals surface area contributed by atoms with E-state index in [1.165, 1.54) is 11.4 Å². The molecule has 3 aromatic rings. The van der Waals surface area contributed by atoms with Crippen LogP contribution in [-0.4, -0.2) is 54.2 Å². The van der Waals surface area contributed by atoms with Crippen LogP contribution in [0.15, 0.2) is 47.4 Å². The van der Waals surface area contributed by atoms with E-state index >= 15 is 0 Å². The minimum atomic E-state index is -3.71. The highest BCUT2D eigenvalue weighted by atomic mass is 32.2. The molecule has 0 saturated carbocycles. The van der Waals surface area contributed by atoms with E-state index < -0.39 is 10.0 Å². The monoisotopic (exact) mass is 414 g/mol. The van der Waals surface area contributed by atoms with E-state index in [0.29, 0.717) is 30.2 Å². The van der Waals surface area contributed by atoms with Crippen molar-refractivity contribution in [3.63, 3.8) is 0 Å². The smallest absolute Gasteiger partial charge is 0.245 e. The molecule has 1 unspecified atom stereocenters. The van der Waals surface area contributed by atoms with Gasteiger partial charge < -0.3 is 9.47 Å². The number of hydrogen-bond acceptors (Lipinski definition) is 7. The van der Waals surface area contributed by atoms with Crippen LogP contribution in [0.5, 0.6) is 11.8 Å². The summed E-state index contributed by atoms with van der Waals surface area (Å²) in [5.74, 6) is 0.737. The maximum Gasteiger partial charge on any atom is 0.245 e. The Bertz CT molecular complexity index is 1120. The van der Waals surface area contributed by atoms with Crippen molar-refractivity contribution in [2.45, 2.75) is 30.8 Å². The second-order valence-electron chi connectivity index (χ2n) is 6.94. The minimum Gasteiger partial charge on any atom is -0.480 e. The van der Waals surface area contributed by atoms with Gasteiger partial charge in [-0.3, -0.25) is 4.98 Å². The number of benzene rings is 1. The summed E-state index contributed by atoms with van der Waals surface area (Å²) >= 11 is 0. The molecule has 2 aromatic heterocycles. The van der Waals surface area contributed by atoms with Gasteiger partial charge in [0.25, 0.3) is 0 Å². The number of methoxy groups -OCH3 is 1. The molecule has 0 N–H and O–H groups in total. The second-order valence-corrected chi connectivity index (χ2v) is 8.85. The first-order valence-corrected chi connectivity index (χ1v) is 10.8. The van der Waals surface area contributed by atoms with Gasteiger partial charge in [-0.15, -0.1) is 10.2 Å². The Labute approximate surface area is 169 Å². The van der Waals surface area contributed by atoms with E-state index in [1.807, 2.05) is 25.1 Å². The van der Waals surface area contributed by atoms with E-state index in [2.05, 4.69) is 15.2 Å². The van der Waals surface area contributed by atoms with Gasteiger partial charge in [-0.05, 0) is 31.9 Å². The Balaban J connectivity index is 1.58. The molecule has 1 aliphatic rings. The molecule has 1 aliphatic heterocycles. The molecule has 0 amide bonds. The minimum absolute atomic E-state index is 0.226. The van der Waals surface area contributed by atoms with E-state index in [-0.39, 0.29) is 17.5 Å². The first kappa shape index (κ1) is 19.5. The molecule has 29 heavy (non-hydrogen) atoms. The molecule has 0 aliphatic carbocycles. The van der Waals surface area contributed by atoms with Crippen molar-refractivity contribution < 1.29 is 17.9 Å². The van der Waals surface area contributed by atoms with Crippen LogP contribution in [0.4, 0.5) is 0 Å². The van der Waals surface area contributed by atoms with Crippen LogP contribution in [0.25, 0.3) is 10.9 Å². The van der Waals surface area contributed by atoms with Gasteiger partial charge in [0.1, 0.15) is 11.0 Å². The highest BCUT2D eigenvalue weighted by Gasteiger charge is 2.32. The third kappa shape index (κ3) is 4.01. The van der Waals surface area contributed by atoms with Gasteiger partial charge in [-0.1, -0.05) is 18.2 Å². The van der Waals surface area contributed by atoms with Gasteiger partial charge in [0, 0.05) is 29.8 Å². The summed E-state index contributed by atoms with van der Waals surface area (Å²) in [5, 5.41) is 8.65. The molecule has 0 radical (unpaired) electrons. The van der Waals surface area contributed by atoms with Gasteiger partial charge in [-0.2, -0.15) is 4.31 Å². The normalized spacial score (nSPS) is 17.9. The van der Waals surface area contributed by atoms with E-state index in [4.69, 9.17) is 9.47 Å². The average Bonchev–Trinajstić information content (AvgIpc) is 2.74. The summed E-state index contributed by atoms with van der Waals surface area (Å²) in [6.45, 7) is 2.54. The van der Waals surface area contributed by atoms with Crippen LogP contribution in [0.2, 0.25) is 0 Å². The van der Waals surface area contributed by atoms with Crippen molar-refractivity contribution in [1.29, 1.82) is 0 Å². The van der Waals surface area contributed by atoms with Crippen LogP contribution >= 0.6 is 0 Å². The summed E-state index contributed by atoms with van der Waals surface area (Å²) in [4.78, 5) is 4.70. The van der Waals surface area contributed by atoms with Crippen molar-refractivity contribution in [2.24, 2.45) is 0 Å². The molecule has 9 heteroatoms. The number of hydrogen-bond donors (Lipinski definition) is 0. The summed E-state index contributed by atoms with van der Waals surface area (Å²) in [6.07, 6.45) is 1.14. The van der Waals surface area contributed by atoms with Gasteiger partial charge >= 0.3 is 0 Å². The maximum absolute atomic E-state index is 13.4. The largest absolute Gasteiger partial charge is 0.480 e. The van der Waals surface area contributed by atoms with Crippen molar-refractivity contribution in [3.05, 3.63) is 48.2 Å². The summed E-state index contributed by atoms with van der Waals surface area (Å²) in [5.41, 5.74) is 1.27. The highest BCUT2D eigenvalue weighted by molar-refractivity contribution is 7.89. The standard InChI is InChI=1S/C20H22N4O4S/c1-14-8-9-15-5-3-7-17(20(15)21-14)29(25,26)24-12-4-6-16(13-24)28-19-11-10-18(27-2)22-23-19/h3,5,7-11,16H,4,6,12-13H2,1-2H3. The summed E-state index contributed by atoms with van der Waals surface area (Å²) in [7, 11) is -2.19. The summed E-state index contributed by atoms with van der Waals surface area (Å²) in [6, 6.07) is 12.3. The first-order valence-electron chi connectivity index (χ1n) is 9.38. The molecular weight excluding hydrogens is 392 g/mol. The zero-order chi connectivity index (χ0) is 20.4. The van der Waals surface area contributed by atoms with E-state index in [0.717, 1.165) is 17.5 Å². The van der Waals surface area contributed by atoms with Gasteiger partial charge in [-0.25, -0.2) is 8.42 Å². The quantitative estimate of drug-likeness (QED) is 0.633. The van der Waals surface area contributed by atoms with Crippen molar-refractivity contribution in [3.8, 4) is 11.8 Å². The zero-order valence-corrected chi connectivity index (χ0v) is 17.1. The van der Waals surface area contributed by atoms with Crippen molar-refractivity contribution in [2.75, 3.05) is 20.2 Å².